The van der Waals surface area contributed by atoms with Crippen LogP contribution in [0.2, 0.25) is 0 Å². The lowest BCUT2D eigenvalue weighted by molar-refractivity contribution is -0.136. The number of carbonyl (C=O) groups is 2. The third kappa shape index (κ3) is 4.80. The zero-order valence-electron chi connectivity index (χ0n) is 17.6. The van der Waals surface area contributed by atoms with Crippen LogP contribution in [0.4, 0.5) is 5.69 Å². The number of aromatic nitrogens is 3. The first-order valence-corrected chi connectivity index (χ1v) is 10.8. The van der Waals surface area contributed by atoms with Crippen molar-refractivity contribution >= 4 is 33.8 Å². The van der Waals surface area contributed by atoms with Gasteiger partial charge in [-0.05, 0) is 50.1 Å². The molecule has 0 saturated heterocycles. The number of aryl methyl sites for hydroxylation is 3. The fourth-order valence-corrected chi connectivity index (χ4v) is 4.28. The number of nitrogens with zero attached hydrogens (tertiary/aromatic N) is 3. The molecule has 0 unspecified atom stereocenters. The molecule has 4 rings (SSSR count). The molecule has 0 radical (unpaired) electrons. The number of amides is 2. The number of thiazole rings is 1. The van der Waals surface area contributed by atoms with Crippen LogP contribution in [0.1, 0.15) is 22.4 Å². The highest BCUT2D eigenvalue weighted by Crippen LogP contribution is 2.21. The molecule has 0 aliphatic rings. The molecule has 0 aliphatic heterocycles. The van der Waals surface area contributed by atoms with Gasteiger partial charge in [0.05, 0.1) is 5.69 Å². The van der Waals surface area contributed by atoms with Gasteiger partial charge in [0.1, 0.15) is 0 Å². The minimum absolute atomic E-state index is 0.324. The minimum atomic E-state index is -0.678. The van der Waals surface area contributed by atoms with Crippen molar-refractivity contribution in [1.29, 1.82) is 0 Å². The van der Waals surface area contributed by atoms with Gasteiger partial charge < -0.3 is 10.6 Å². The molecule has 0 fully saturated rings. The summed E-state index contributed by atoms with van der Waals surface area (Å²) in [5.74, 6) is -0.665. The van der Waals surface area contributed by atoms with Gasteiger partial charge in [0.25, 0.3) is 0 Å². The smallest absolute Gasteiger partial charge is 0.313 e. The Morgan fingerprint density at radius 2 is 1.77 bits per heavy atom. The van der Waals surface area contributed by atoms with Crippen molar-refractivity contribution in [2.75, 3.05) is 11.9 Å². The van der Waals surface area contributed by atoms with E-state index in [1.807, 2.05) is 68.6 Å². The highest BCUT2D eigenvalue weighted by Gasteiger charge is 2.15. The van der Waals surface area contributed by atoms with Crippen molar-refractivity contribution in [2.45, 2.75) is 27.2 Å². The SMILES string of the molecule is Cc1cc(C)cc(NC(=O)C(=O)NCCc2csc3nc(-c4cccc(C)c4)nn23)c1. The Balaban J connectivity index is 1.37. The van der Waals surface area contributed by atoms with Crippen LogP contribution >= 0.6 is 11.3 Å². The van der Waals surface area contributed by atoms with Crippen LogP contribution in [0, 0.1) is 20.8 Å². The molecule has 31 heavy (non-hydrogen) atoms. The van der Waals surface area contributed by atoms with Crippen LogP contribution in [-0.4, -0.2) is 33.0 Å². The van der Waals surface area contributed by atoms with E-state index in [0.29, 0.717) is 24.5 Å². The lowest BCUT2D eigenvalue weighted by Gasteiger charge is -2.08. The third-order valence-electron chi connectivity index (χ3n) is 4.78. The van der Waals surface area contributed by atoms with Crippen LogP contribution < -0.4 is 10.6 Å². The lowest BCUT2D eigenvalue weighted by atomic mass is 10.1. The van der Waals surface area contributed by atoms with Crippen LogP contribution in [0.5, 0.6) is 0 Å². The average Bonchev–Trinajstić information content (AvgIpc) is 3.29. The van der Waals surface area contributed by atoms with Gasteiger partial charge in [-0.15, -0.1) is 16.4 Å². The number of fused-ring (bicyclic) bond motifs is 1. The maximum absolute atomic E-state index is 12.2. The highest BCUT2D eigenvalue weighted by atomic mass is 32.1. The molecule has 0 atom stereocenters. The van der Waals surface area contributed by atoms with E-state index < -0.39 is 11.8 Å². The van der Waals surface area contributed by atoms with E-state index in [4.69, 9.17) is 0 Å². The van der Waals surface area contributed by atoms with E-state index in [-0.39, 0.29) is 0 Å². The van der Waals surface area contributed by atoms with E-state index >= 15 is 0 Å². The highest BCUT2D eigenvalue weighted by molar-refractivity contribution is 7.15. The summed E-state index contributed by atoms with van der Waals surface area (Å²) in [6.07, 6.45) is 0.541. The summed E-state index contributed by atoms with van der Waals surface area (Å²) in [5.41, 5.74) is 5.71. The normalized spacial score (nSPS) is 10.9. The van der Waals surface area contributed by atoms with Crippen molar-refractivity contribution in [3.63, 3.8) is 0 Å². The fourth-order valence-electron chi connectivity index (χ4n) is 3.42. The first-order chi connectivity index (χ1) is 14.9. The second-order valence-corrected chi connectivity index (χ2v) is 8.40. The van der Waals surface area contributed by atoms with Crippen molar-refractivity contribution in [2.24, 2.45) is 0 Å². The lowest BCUT2D eigenvalue weighted by Crippen LogP contribution is -2.36. The van der Waals surface area contributed by atoms with Gasteiger partial charge in [-0.25, -0.2) is 4.52 Å². The standard InChI is InChI=1S/C23H23N5O2S/c1-14-5-4-6-17(10-14)20-26-23-28(27-20)19(13-31-23)7-8-24-21(29)22(30)25-18-11-15(2)9-16(3)12-18/h4-6,9-13H,7-8H2,1-3H3,(H,24,29)(H,25,30). The van der Waals surface area contributed by atoms with Gasteiger partial charge >= 0.3 is 11.8 Å². The van der Waals surface area contributed by atoms with Crippen LogP contribution in [0.25, 0.3) is 16.3 Å². The molecule has 8 heteroatoms. The summed E-state index contributed by atoms with van der Waals surface area (Å²) in [6, 6.07) is 13.7. The van der Waals surface area contributed by atoms with E-state index in [1.54, 1.807) is 4.52 Å². The van der Waals surface area contributed by atoms with E-state index in [0.717, 1.165) is 32.9 Å². The predicted molar refractivity (Wildman–Crippen MR) is 122 cm³/mol. The summed E-state index contributed by atoms with van der Waals surface area (Å²) in [6.45, 7) is 6.24. The summed E-state index contributed by atoms with van der Waals surface area (Å²) in [7, 11) is 0. The van der Waals surface area contributed by atoms with Crippen molar-refractivity contribution in [3.8, 4) is 11.4 Å². The van der Waals surface area contributed by atoms with Gasteiger partial charge in [0.2, 0.25) is 4.96 Å². The van der Waals surface area contributed by atoms with Gasteiger partial charge in [0.15, 0.2) is 5.82 Å². The molecule has 2 N–H and O–H groups in total. The molecule has 0 aliphatic carbocycles. The van der Waals surface area contributed by atoms with E-state index in [1.165, 1.54) is 11.3 Å². The molecular formula is C23H23N5O2S. The summed E-state index contributed by atoms with van der Waals surface area (Å²) in [4.78, 5) is 29.7. The summed E-state index contributed by atoms with van der Waals surface area (Å²) in [5, 5.41) is 11.9. The Labute approximate surface area is 184 Å². The Bertz CT molecular complexity index is 1250. The first kappa shape index (κ1) is 20.7. The molecule has 0 bridgehead atoms. The Morgan fingerprint density at radius 1 is 1.00 bits per heavy atom. The molecule has 2 amide bonds. The second-order valence-electron chi connectivity index (χ2n) is 7.56. The largest absolute Gasteiger partial charge is 0.347 e. The predicted octanol–water partition coefficient (Wildman–Crippen LogP) is 3.68. The number of nitrogens with one attached hydrogen (secondary N) is 2. The van der Waals surface area contributed by atoms with Crippen molar-refractivity contribution in [3.05, 3.63) is 70.2 Å². The monoisotopic (exact) mass is 433 g/mol. The fraction of sp³-hybridized carbons (Fsp3) is 0.217. The number of hydrogen-bond acceptors (Lipinski definition) is 5. The van der Waals surface area contributed by atoms with Crippen molar-refractivity contribution < 1.29 is 9.59 Å². The molecular weight excluding hydrogens is 410 g/mol. The molecule has 158 valence electrons. The van der Waals surface area contributed by atoms with E-state index in [2.05, 4.69) is 20.7 Å². The number of hydrogen-bond donors (Lipinski definition) is 2. The molecule has 7 nitrogen and oxygen atoms in total. The number of rotatable bonds is 5. The Morgan fingerprint density at radius 3 is 2.52 bits per heavy atom. The summed E-state index contributed by atoms with van der Waals surface area (Å²) < 4.78 is 1.80. The Kier molecular flexibility index (Phi) is 5.81. The van der Waals surface area contributed by atoms with Crippen molar-refractivity contribution in [1.82, 2.24) is 19.9 Å². The number of carbonyl (C=O) groups excluding carboxylic acids is 2. The Hall–Kier alpha value is -3.52. The quantitative estimate of drug-likeness (QED) is 0.470. The minimum Gasteiger partial charge on any atom is -0.347 e. The molecule has 4 aromatic rings. The maximum Gasteiger partial charge on any atom is 0.313 e. The maximum atomic E-state index is 12.2. The summed E-state index contributed by atoms with van der Waals surface area (Å²) >= 11 is 1.50. The molecule has 0 saturated carbocycles. The number of anilines is 1. The van der Waals surface area contributed by atoms with Gasteiger partial charge in [0, 0.05) is 29.6 Å². The van der Waals surface area contributed by atoms with Gasteiger partial charge in [-0.2, -0.15) is 4.98 Å². The van der Waals surface area contributed by atoms with Gasteiger partial charge in [-0.3, -0.25) is 9.59 Å². The molecule has 2 aromatic carbocycles. The molecule has 0 spiro atoms. The third-order valence-corrected chi connectivity index (χ3v) is 5.64. The average molecular weight is 434 g/mol. The molecule has 2 aromatic heterocycles. The van der Waals surface area contributed by atoms with Crippen LogP contribution in [0.3, 0.4) is 0 Å². The van der Waals surface area contributed by atoms with Crippen LogP contribution in [0.15, 0.2) is 47.8 Å². The second kappa shape index (κ2) is 8.69. The van der Waals surface area contributed by atoms with Crippen LogP contribution in [-0.2, 0) is 16.0 Å². The number of benzene rings is 2. The molecule has 2 heterocycles. The first-order valence-electron chi connectivity index (χ1n) is 9.97. The topological polar surface area (TPSA) is 88.4 Å². The zero-order chi connectivity index (χ0) is 22.0. The van der Waals surface area contributed by atoms with E-state index in [9.17, 15) is 9.59 Å². The zero-order valence-corrected chi connectivity index (χ0v) is 18.4. The van der Waals surface area contributed by atoms with Gasteiger partial charge in [-0.1, -0.05) is 29.8 Å².